The van der Waals surface area contributed by atoms with Gasteiger partial charge in [-0.2, -0.15) is 0 Å². The van der Waals surface area contributed by atoms with Gasteiger partial charge in [-0.25, -0.2) is 0 Å². The number of likely N-dealkylation sites (tertiary alicyclic amines) is 1. The number of ether oxygens (including phenoxy) is 1. The maximum Gasteiger partial charge on any atom is 0.0724 e. The standard InChI is InChI=1S/C15H32N2O/c1-13-7-10-17(11-14(13)18-4)9-6-5-8-15(2,3)12-16/h13-14H,5-12,16H2,1-4H3. The maximum absolute atomic E-state index is 5.76. The minimum Gasteiger partial charge on any atom is -0.380 e. The van der Waals surface area contributed by atoms with Gasteiger partial charge in [0.25, 0.3) is 0 Å². The lowest BCUT2D eigenvalue weighted by Gasteiger charge is -2.36. The Labute approximate surface area is 113 Å². The quantitative estimate of drug-likeness (QED) is 0.711. The molecule has 0 radical (unpaired) electrons. The van der Waals surface area contributed by atoms with Crippen LogP contribution < -0.4 is 5.73 Å². The van der Waals surface area contributed by atoms with Crippen LogP contribution in [-0.2, 0) is 4.74 Å². The Morgan fingerprint density at radius 3 is 2.67 bits per heavy atom. The second kappa shape index (κ2) is 7.46. The summed E-state index contributed by atoms with van der Waals surface area (Å²) in [5.74, 6) is 0.711. The Morgan fingerprint density at radius 2 is 2.06 bits per heavy atom. The molecule has 2 atom stereocenters. The van der Waals surface area contributed by atoms with Gasteiger partial charge in [0, 0.05) is 13.7 Å². The zero-order valence-electron chi connectivity index (χ0n) is 12.7. The van der Waals surface area contributed by atoms with Crippen molar-refractivity contribution in [2.24, 2.45) is 17.1 Å². The average Bonchev–Trinajstić information content (AvgIpc) is 2.36. The van der Waals surface area contributed by atoms with Gasteiger partial charge in [-0.1, -0.05) is 27.2 Å². The van der Waals surface area contributed by atoms with Gasteiger partial charge in [0.05, 0.1) is 6.10 Å². The van der Waals surface area contributed by atoms with Crippen molar-refractivity contribution in [1.29, 1.82) is 0 Å². The van der Waals surface area contributed by atoms with Gasteiger partial charge < -0.3 is 15.4 Å². The van der Waals surface area contributed by atoms with Crippen LogP contribution in [0.25, 0.3) is 0 Å². The summed E-state index contributed by atoms with van der Waals surface area (Å²) in [6, 6.07) is 0. The lowest BCUT2D eigenvalue weighted by Crippen LogP contribution is -2.44. The van der Waals surface area contributed by atoms with E-state index in [-0.39, 0.29) is 0 Å². The lowest BCUT2D eigenvalue weighted by atomic mass is 9.87. The normalized spacial score (nSPS) is 26.5. The number of nitrogens with zero attached hydrogens (tertiary/aromatic N) is 1. The smallest absolute Gasteiger partial charge is 0.0724 e. The summed E-state index contributed by atoms with van der Waals surface area (Å²) in [6.07, 6.45) is 5.51. The van der Waals surface area contributed by atoms with Crippen molar-refractivity contribution in [3.63, 3.8) is 0 Å². The Hall–Kier alpha value is -0.120. The van der Waals surface area contributed by atoms with Crippen molar-refractivity contribution < 1.29 is 4.74 Å². The van der Waals surface area contributed by atoms with Gasteiger partial charge in [-0.05, 0) is 50.2 Å². The van der Waals surface area contributed by atoms with Crippen LogP contribution in [0, 0.1) is 11.3 Å². The fourth-order valence-corrected chi connectivity index (χ4v) is 2.65. The van der Waals surface area contributed by atoms with Crippen molar-refractivity contribution in [2.45, 2.75) is 52.6 Å². The number of nitrogens with two attached hydrogens (primary N) is 1. The zero-order valence-corrected chi connectivity index (χ0v) is 12.7. The van der Waals surface area contributed by atoms with Crippen molar-refractivity contribution in [3.05, 3.63) is 0 Å². The molecule has 18 heavy (non-hydrogen) atoms. The molecule has 1 fully saturated rings. The monoisotopic (exact) mass is 256 g/mol. The summed E-state index contributed by atoms with van der Waals surface area (Å²) < 4.78 is 5.55. The molecule has 0 spiro atoms. The number of methoxy groups -OCH3 is 1. The van der Waals surface area contributed by atoms with Crippen molar-refractivity contribution in [2.75, 3.05) is 33.3 Å². The Kier molecular flexibility index (Phi) is 6.61. The molecule has 0 aliphatic carbocycles. The predicted octanol–water partition coefficient (Wildman–Crippen LogP) is 2.50. The van der Waals surface area contributed by atoms with Crippen LogP contribution in [0.15, 0.2) is 0 Å². The first-order valence-electron chi connectivity index (χ1n) is 7.44. The van der Waals surface area contributed by atoms with Gasteiger partial charge in [0.15, 0.2) is 0 Å². The minimum atomic E-state index is 0.311. The van der Waals surface area contributed by atoms with E-state index in [1.807, 2.05) is 7.11 Å². The van der Waals surface area contributed by atoms with Crippen molar-refractivity contribution >= 4 is 0 Å². The molecule has 0 bridgehead atoms. The highest BCUT2D eigenvalue weighted by Gasteiger charge is 2.25. The first-order valence-corrected chi connectivity index (χ1v) is 7.44. The summed E-state index contributed by atoms with van der Waals surface area (Å²) >= 11 is 0. The van der Waals surface area contributed by atoms with Gasteiger partial charge in [0.2, 0.25) is 0 Å². The van der Waals surface area contributed by atoms with E-state index in [9.17, 15) is 0 Å². The Bertz CT molecular complexity index is 231. The number of unbranched alkanes of at least 4 members (excludes halogenated alkanes) is 1. The second-order valence-corrected chi connectivity index (χ2v) is 6.67. The summed E-state index contributed by atoms with van der Waals surface area (Å²) in [7, 11) is 1.84. The third kappa shape index (κ3) is 5.25. The van der Waals surface area contributed by atoms with E-state index in [1.54, 1.807) is 0 Å². The average molecular weight is 256 g/mol. The zero-order chi connectivity index (χ0) is 13.6. The van der Waals surface area contributed by atoms with E-state index >= 15 is 0 Å². The summed E-state index contributed by atoms with van der Waals surface area (Å²) in [5, 5.41) is 0. The van der Waals surface area contributed by atoms with Crippen LogP contribution in [0.2, 0.25) is 0 Å². The third-order valence-corrected chi connectivity index (χ3v) is 4.41. The third-order valence-electron chi connectivity index (χ3n) is 4.41. The molecular weight excluding hydrogens is 224 g/mol. The van der Waals surface area contributed by atoms with E-state index in [4.69, 9.17) is 10.5 Å². The molecule has 2 unspecified atom stereocenters. The molecule has 1 rings (SSSR count). The van der Waals surface area contributed by atoms with Gasteiger partial charge in [-0.15, -0.1) is 0 Å². The molecule has 1 aliphatic rings. The lowest BCUT2D eigenvalue weighted by molar-refractivity contribution is -0.00540. The molecule has 2 N–H and O–H groups in total. The Balaban J connectivity index is 2.16. The molecule has 1 aliphatic heterocycles. The van der Waals surface area contributed by atoms with Crippen LogP contribution in [0.4, 0.5) is 0 Å². The van der Waals surface area contributed by atoms with Crippen LogP contribution in [0.1, 0.15) is 46.5 Å². The molecule has 3 nitrogen and oxygen atoms in total. The van der Waals surface area contributed by atoms with E-state index in [0.717, 1.165) is 13.1 Å². The first-order chi connectivity index (χ1) is 8.48. The fourth-order valence-electron chi connectivity index (χ4n) is 2.65. The van der Waals surface area contributed by atoms with E-state index in [1.165, 1.54) is 38.8 Å². The largest absolute Gasteiger partial charge is 0.380 e. The molecular formula is C15H32N2O. The van der Waals surface area contributed by atoms with Crippen molar-refractivity contribution in [3.8, 4) is 0 Å². The van der Waals surface area contributed by atoms with Gasteiger partial charge in [-0.3, -0.25) is 0 Å². The fraction of sp³-hybridized carbons (Fsp3) is 1.00. The van der Waals surface area contributed by atoms with Crippen LogP contribution in [0.5, 0.6) is 0 Å². The molecule has 3 heteroatoms. The number of hydrogen-bond acceptors (Lipinski definition) is 3. The van der Waals surface area contributed by atoms with Crippen LogP contribution >= 0.6 is 0 Å². The molecule has 0 aromatic carbocycles. The van der Waals surface area contributed by atoms with Crippen LogP contribution in [-0.4, -0.2) is 44.3 Å². The highest BCUT2D eigenvalue weighted by Crippen LogP contribution is 2.23. The maximum atomic E-state index is 5.76. The number of rotatable bonds is 7. The summed E-state index contributed by atoms with van der Waals surface area (Å²) in [6.45, 7) is 11.2. The molecule has 0 amide bonds. The summed E-state index contributed by atoms with van der Waals surface area (Å²) in [4.78, 5) is 2.56. The number of hydrogen-bond donors (Lipinski definition) is 1. The molecule has 0 aromatic rings. The van der Waals surface area contributed by atoms with E-state index in [0.29, 0.717) is 17.4 Å². The molecule has 0 aromatic heterocycles. The van der Waals surface area contributed by atoms with Gasteiger partial charge in [0.1, 0.15) is 0 Å². The first kappa shape index (κ1) is 15.9. The summed E-state index contributed by atoms with van der Waals surface area (Å²) in [5.41, 5.74) is 6.07. The Morgan fingerprint density at radius 1 is 1.33 bits per heavy atom. The molecule has 108 valence electrons. The second-order valence-electron chi connectivity index (χ2n) is 6.67. The topological polar surface area (TPSA) is 38.5 Å². The molecule has 1 saturated heterocycles. The number of piperidine rings is 1. The van der Waals surface area contributed by atoms with E-state index < -0.39 is 0 Å². The highest BCUT2D eigenvalue weighted by atomic mass is 16.5. The van der Waals surface area contributed by atoms with Crippen molar-refractivity contribution in [1.82, 2.24) is 4.90 Å². The molecule has 1 heterocycles. The van der Waals surface area contributed by atoms with E-state index in [2.05, 4.69) is 25.7 Å². The highest BCUT2D eigenvalue weighted by molar-refractivity contribution is 4.78. The van der Waals surface area contributed by atoms with Gasteiger partial charge >= 0.3 is 0 Å². The molecule has 0 saturated carbocycles. The van der Waals surface area contributed by atoms with Crippen LogP contribution in [0.3, 0.4) is 0 Å². The SMILES string of the molecule is COC1CN(CCCCC(C)(C)CN)CCC1C. The predicted molar refractivity (Wildman–Crippen MR) is 77.7 cm³/mol. The minimum absolute atomic E-state index is 0.311.